The van der Waals surface area contributed by atoms with Crippen LogP contribution in [-0.4, -0.2) is 8.42 Å². The molecule has 0 heterocycles. The highest BCUT2D eigenvalue weighted by molar-refractivity contribution is 9.10. The molecule has 0 unspecified atom stereocenters. The minimum absolute atomic E-state index is 0.0254. The number of rotatable bonds is 6. The van der Waals surface area contributed by atoms with E-state index >= 15 is 0 Å². The van der Waals surface area contributed by atoms with Crippen LogP contribution in [0.2, 0.25) is 0 Å². The summed E-state index contributed by atoms with van der Waals surface area (Å²) in [5.41, 5.74) is 3.95. The molecule has 0 saturated heterocycles. The molecule has 0 atom stereocenters. The molecule has 3 nitrogen and oxygen atoms in total. The third kappa shape index (κ3) is 5.26. The molecular weight excluding hydrogens is 398 g/mol. The lowest BCUT2D eigenvalue weighted by Gasteiger charge is -2.08. The minimum Gasteiger partial charge on any atom is -0.212 e. The number of halogens is 1. The molecule has 5 heteroatoms. The smallest absolute Gasteiger partial charge is 0.212 e. The van der Waals surface area contributed by atoms with Crippen molar-refractivity contribution >= 4 is 26.0 Å². The molecular formula is C20H18BrNO2S. The number of hydrogen-bond acceptors (Lipinski definition) is 2. The Labute approximate surface area is 156 Å². The van der Waals surface area contributed by atoms with Gasteiger partial charge in [-0.15, -0.1) is 0 Å². The van der Waals surface area contributed by atoms with E-state index in [2.05, 4.69) is 32.8 Å². The topological polar surface area (TPSA) is 46.2 Å². The summed E-state index contributed by atoms with van der Waals surface area (Å²) in [5.74, 6) is -0.0254. The van der Waals surface area contributed by atoms with Crippen molar-refractivity contribution in [1.29, 1.82) is 0 Å². The van der Waals surface area contributed by atoms with Crippen LogP contribution in [0.3, 0.4) is 0 Å². The monoisotopic (exact) mass is 415 g/mol. The maximum Gasteiger partial charge on any atom is 0.216 e. The molecule has 0 amide bonds. The van der Waals surface area contributed by atoms with Crippen molar-refractivity contribution in [2.24, 2.45) is 0 Å². The van der Waals surface area contributed by atoms with Gasteiger partial charge in [0, 0.05) is 11.0 Å². The lowest BCUT2D eigenvalue weighted by atomic mass is 10.0. The van der Waals surface area contributed by atoms with Crippen LogP contribution in [0.1, 0.15) is 11.1 Å². The average molecular weight is 416 g/mol. The Balaban J connectivity index is 1.61. The third-order valence-corrected chi connectivity index (χ3v) is 5.65. The fourth-order valence-corrected chi connectivity index (χ4v) is 3.87. The summed E-state index contributed by atoms with van der Waals surface area (Å²) in [6.07, 6.45) is 0. The van der Waals surface area contributed by atoms with Crippen molar-refractivity contribution < 1.29 is 8.42 Å². The van der Waals surface area contributed by atoms with E-state index in [1.54, 1.807) is 12.1 Å². The van der Waals surface area contributed by atoms with Gasteiger partial charge < -0.3 is 0 Å². The first kappa shape index (κ1) is 17.9. The van der Waals surface area contributed by atoms with Crippen LogP contribution >= 0.6 is 15.9 Å². The van der Waals surface area contributed by atoms with E-state index in [4.69, 9.17) is 0 Å². The second kappa shape index (κ2) is 7.95. The molecule has 25 heavy (non-hydrogen) atoms. The second-order valence-corrected chi connectivity index (χ2v) is 8.49. The largest absolute Gasteiger partial charge is 0.216 e. The Morgan fingerprint density at radius 2 is 1.28 bits per heavy atom. The highest BCUT2D eigenvalue weighted by Gasteiger charge is 2.11. The molecule has 3 rings (SSSR count). The first-order valence-electron chi connectivity index (χ1n) is 7.88. The predicted octanol–water partition coefficient (Wildman–Crippen LogP) is 4.74. The summed E-state index contributed by atoms with van der Waals surface area (Å²) in [6.45, 7) is 0.286. The average Bonchev–Trinajstić information content (AvgIpc) is 2.63. The van der Waals surface area contributed by atoms with E-state index in [1.807, 2.05) is 54.6 Å². The normalized spacial score (nSPS) is 11.4. The molecule has 0 radical (unpaired) electrons. The van der Waals surface area contributed by atoms with E-state index in [1.165, 1.54) is 0 Å². The van der Waals surface area contributed by atoms with Gasteiger partial charge in [-0.3, -0.25) is 0 Å². The van der Waals surface area contributed by atoms with Crippen LogP contribution in [-0.2, 0) is 22.3 Å². The number of hydrogen-bond donors (Lipinski definition) is 1. The lowest BCUT2D eigenvalue weighted by molar-refractivity contribution is 0.580. The lowest BCUT2D eigenvalue weighted by Crippen LogP contribution is -2.24. The highest BCUT2D eigenvalue weighted by Crippen LogP contribution is 2.19. The first-order chi connectivity index (χ1) is 12.0. The number of nitrogens with one attached hydrogen (secondary N) is 1. The van der Waals surface area contributed by atoms with Gasteiger partial charge in [-0.25, -0.2) is 13.1 Å². The zero-order valence-corrected chi connectivity index (χ0v) is 15.9. The van der Waals surface area contributed by atoms with Crippen LogP contribution in [0.4, 0.5) is 0 Å². The molecule has 3 aromatic rings. The van der Waals surface area contributed by atoms with Crippen LogP contribution in [0.25, 0.3) is 11.1 Å². The van der Waals surface area contributed by atoms with E-state index < -0.39 is 10.0 Å². The van der Waals surface area contributed by atoms with Crippen molar-refractivity contribution in [1.82, 2.24) is 4.72 Å². The summed E-state index contributed by atoms with van der Waals surface area (Å²) in [5, 5.41) is 0. The van der Waals surface area contributed by atoms with Crippen LogP contribution in [0.15, 0.2) is 83.3 Å². The van der Waals surface area contributed by atoms with Crippen molar-refractivity contribution in [2.45, 2.75) is 12.3 Å². The third-order valence-electron chi connectivity index (χ3n) is 3.83. The molecule has 128 valence electrons. The summed E-state index contributed by atoms with van der Waals surface area (Å²) >= 11 is 3.34. The summed E-state index contributed by atoms with van der Waals surface area (Å²) < 4.78 is 28.0. The Hall–Kier alpha value is -1.95. The van der Waals surface area contributed by atoms with Gasteiger partial charge in [-0.2, -0.15) is 0 Å². The van der Waals surface area contributed by atoms with Gasteiger partial charge in [0.2, 0.25) is 10.0 Å². The minimum atomic E-state index is -3.37. The number of benzene rings is 3. The highest BCUT2D eigenvalue weighted by atomic mass is 79.9. The maximum absolute atomic E-state index is 12.2. The molecule has 0 spiro atoms. The summed E-state index contributed by atoms with van der Waals surface area (Å²) in [4.78, 5) is 0. The van der Waals surface area contributed by atoms with Crippen molar-refractivity contribution in [3.05, 3.63) is 94.5 Å². The SMILES string of the molecule is O=S(=O)(Cc1ccc(Br)cc1)NCc1ccc(-c2ccccc2)cc1. The zero-order valence-electron chi connectivity index (χ0n) is 13.5. The molecule has 0 fully saturated rings. The Morgan fingerprint density at radius 3 is 1.92 bits per heavy atom. The summed E-state index contributed by atoms with van der Waals surface area (Å²) in [7, 11) is -3.37. The molecule has 0 aliphatic heterocycles. The second-order valence-electron chi connectivity index (χ2n) is 5.77. The van der Waals surface area contributed by atoms with Gasteiger partial charge in [0.05, 0.1) is 5.75 Å². The molecule has 0 bridgehead atoms. The Kier molecular flexibility index (Phi) is 5.68. The zero-order chi connectivity index (χ0) is 17.7. The van der Waals surface area contributed by atoms with Gasteiger partial charge >= 0.3 is 0 Å². The first-order valence-corrected chi connectivity index (χ1v) is 10.3. The van der Waals surface area contributed by atoms with Gasteiger partial charge in [-0.05, 0) is 34.4 Å². The number of sulfonamides is 1. The van der Waals surface area contributed by atoms with Gasteiger partial charge in [0.15, 0.2) is 0 Å². The molecule has 0 aliphatic carbocycles. The maximum atomic E-state index is 12.2. The molecule has 0 saturated carbocycles. The Morgan fingerprint density at radius 1 is 0.720 bits per heavy atom. The Bertz CT molecular complexity index is 922. The summed E-state index contributed by atoms with van der Waals surface area (Å²) in [6, 6.07) is 25.3. The van der Waals surface area contributed by atoms with Crippen LogP contribution < -0.4 is 4.72 Å². The van der Waals surface area contributed by atoms with Crippen molar-refractivity contribution in [3.8, 4) is 11.1 Å². The quantitative estimate of drug-likeness (QED) is 0.631. The van der Waals surface area contributed by atoms with E-state index in [0.717, 1.165) is 26.7 Å². The standard InChI is InChI=1S/C20H18BrNO2S/c21-20-12-8-17(9-13-20)15-25(23,24)22-14-16-6-10-19(11-7-16)18-4-2-1-3-5-18/h1-13,22H,14-15H2. The molecule has 1 N–H and O–H groups in total. The van der Waals surface area contributed by atoms with Gasteiger partial charge in [0.25, 0.3) is 0 Å². The predicted molar refractivity (Wildman–Crippen MR) is 105 cm³/mol. The van der Waals surface area contributed by atoms with E-state index in [0.29, 0.717) is 0 Å². The fraction of sp³-hybridized carbons (Fsp3) is 0.100. The molecule has 0 aromatic heterocycles. The van der Waals surface area contributed by atoms with Crippen LogP contribution in [0, 0.1) is 0 Å². The van der Waals surface area contributed by atoms with Gasteiger partial charge in [0.1, 0.15) is 0 Å². The fourth-order valence-electron chi connectivity index (χ4n) is 2.49. The molecule has 3 aromatic carbocycles. The van der Waals surface area contributed by atoms with E-state index in [-0.39, 0.29) is 12.3 Å². The molecule has 0 aliphatic rings. The van der Waals surface area contributed by atoms with Crippen LogP contribution in [0.5, 0.6) is 0 Å². The van der Waals surface area contributed by atoms with Gasteiger partial charge in [-0.1, -0.05) is 82.7 Å². The van der Waals surface area contributed by atoms with Crippen molar-refractivity contribution in [3.63, 3.8) is 0 Å². The van der Waals surface area contributed by atoms with Crippen molar-refractivity contribution in [2.75, 3.05) is 0 Å². The van der Waals surface area contributed by atoms with E-state index in [9.17, 15) is 8.42 Å².